The van der Waals surface area contributed by atoms with Crippen molar-refractivity contribution in [1.29, 1.82) is 0 Å². The fourth-order valence-electron chi connectivity index (χ4n) is 4.63. The normalized spacial score (nSPS) is 14.5. The largest absolute Gasteiger partial charge is 0.573 e. The van der Waals surface area contributed by atoms with Gasteiger partial charge in [-0.15, -0.1) is 13.2 Å². The number of nitrogens with one attached hydrogen (secondary N) is 2. The fourth-order valence-corrected chi connectivity index (χ4v) is 4.63. The predicted octanol–water partition coefficient (Wildman–Crippen LogP) is 4.71. The van der Waals surface area contributed by atoms with Gasteiger partial charge in [-0.3, -0.25) is 14.9 Å². The van der Waals surface area contributed by atoms with Crippen molar-refractivity contribution in [3.63, 3.8) is 0 Å². The molecule has 4 aromatic rings. The molecule has 0 aliphatic carbocycles. The second-order valence-corrected chi connectivity index (χ2v) is 9.05. The van der Waals surface area contributed by atoms with Gasteiger partial charge in [0.1, 0.15) is 11.4 Å². The zero-order valence-electron chi connectivity index (χ0n) is 20.4. The van der Waals surface area contributed by atoms with Gasteiger partial charge in [0.15, 0.2) is 0 Å². The molecule has 11 nitrogen and oxygen atoms in total. The molecule has 39 heavy (non-hydrogen) atoms. The van der Waals surface area contributed by atoms with Crippen molar-refractivity contribution in [3.05, 3.63) is 75.8 Å². The number of amides is 1. The number of aromatic amines is 1. The number of aromatic nitrogens is 3. The molecule has 2 aromatic heterocycles. The van der Waals surface area contributed by atoms with Crippen LogP contribution in [0.25, 0.3) is 10.9 Å². The average molecular weight is 544 g/mol. The Balaban J connectivity index is 1.12. The van der Waals surface area contributed by atoms with Gasteiger partial charge in [-0.2, -0.15) is 4.98 Å². The minimum Gasteiger partial charge on any atom is -0.405 e. The van der Waals surface area contributed by atoms with Crippen molar-refractivity contribution in [2.24, 2.45) is 0 Å². The summed E-state index contributed by atoms with van der Waals surface area (Å²) in [6.45, 7) is 1.27. The van der Waals surface area contributed by atoms with Crippen LogP contribution in [0.5, 0.6) is 5.75 Å². The van der Waals surface area contributed by atoms with E-state index < -0.39 is 11.3 Å². The predicted molar refractivity (Wildman–Crippen MR) is 133 cm³/mol. The van der Waals surface area contributed by atoms with Gasteiger partial charge < -0.3 is 24.5 Å². The number of carbonyl (C=O) groups is 1. The minimum absolute atomic E-state index is 0.0759. The van der Waals surface area contributed by atoms with Crippen LogP contribution in [0, 0.1) is 10.1 Å². The van der Waals surface area contributed by atoms with Crippen LogP contribution in [0.4, 0.5) is 24.8 Å². The number of ether oxygens (including phenoxy) is 1. The van der Waals surface area contributed by atoms with Crippen molar-refractivity contribution in [2.45, 2.75) is 31.5 Å². The molecular weight excluding hydrogens is 521 g/mol. The zero-order valence-corrected chi connectivity index (χ0v) is 20.4. The van der Waals surface area contributed by atoms with E-state index in [9.17, 15) is 28.1 Å². The van der Waals surface area contributed by atoms with E-state index in [1.165, 1.54) is 24.3 Å². The first-order chi connectivity index (χ1) is 18.7. The summed E-state index contributed by atoms with van der Waals surface area (Å²) in [5.74, 6) is 0.0409. The highest BCUT2D eigenvalue weighted by Gasteiger charge is 2.33. The summed E-state index contributed by atoms with van der Waals surface area (Å²) in [7, 11) is 0. The number of benzene rings is 2. The highest BCUT2D eigenvalue weighted by atomic mass is 19.4. The first-order valence-electron chi connectivity index (χ1n) is 12.1. The Kier molecular flexibility index (Phi) is 7.09. The van der Waals surface area contributed by atoms with Gasteiger partial charge in [-0.1, -0.05) is 18.2 Å². The topological polar surface area (TPSA) is 139 Å². The van der Waals surface area contributed by atoms with Gasteiger partial charge in [0.05, 0.1) is 10.4 Å². The number of fused-ring (bicyclic) bond motifs is 1. The van der Waals surface area contributed by atoms with Crippen LogP contribution in [-0.2, 0) is 6.42 Å². The molecule has 2 aromatic carbocycles. The molecule has 1 amide bonds. The lowest BCUT2D eigenvalue weighted by molar-refractivity contribution is -0.384. The molecule has 1 aliphatic rings. The number of H-pyrrole nitrogens is 1. The second kappa shape index (κ2) is 10.6. The molecule has 0 bridgehead atoms. The number of carbonyl (C=O) groups excluding carboxylic acids is 1. The quantitative estimate of drug-likeness (QED) is 0.240. The first-order valence-corrected chi connectivity index (χ1v) is 12.1. The number of hydrogen-bond donors (Lipinski definition) is 2. The highest BCUT2D eigenvalue weighted by Crippen LogP contribution is 2.37. The molecule has 0 saturated carbocycles. The third kappa shape index (κ3) is 6.10. The Morgan fingerprint density at radius 3 is 2.72 bits per heavy atom. The number of non-ortho nitro benzene ring substituents is 1. The van der Waals surface area contributed by atoms with Gasteiger partial charge >= 0.3 is 6.36 Å². The standard InChI is InChI=1S/C25H23F3N6O5/c26-25(27,28)38-21-4-2-1-3-18(21)15-8-11-33(12-9-15)24-31-22(39-32-24)7-10-29-23(35)20-13-16-5-6-17(34(36)37)14-19(16)30-20/h1-6,13-15,30H,7-12H2,(H,29,35). The van der Waals surface area contributed by atoms with Crippen molar-refractivity contribution < 1.29 is 32.1 Å². The molecular formula is C25H23F3N6O5. The molecule has 14 heteroatoms. The van der Waals surface area contributed by atoms with E-state index >= 15 is 0 Å². The summed E-state index contributed by atoms with van der Waals surface area (Å²) in [4.78, 5) is 32.1. The van der Waals surface area contributed by atoms with Crippen LogP contribution < -0.4 is 15.0 Å². The molecule has 2 N–H and O–H groups in total. The lowest BCUT2D eigenvalue weighted by Crippen LogP contribution is -2.34. The Labute approximate surface area is 219 Å². The van der Waals surface area contributed by atoms with Crippen LogP contribution in [0.2, 0.25) is 0 Å². The molecule has 0 radical (unpaired) electrons. The summed E-state index contributed by atoms with van der Waals surface area (Å²) in [6, 6.07) is 12.1. The summed E-state index contributed by atoms with van der Waals surface area (Å²) < 4.78 is 47.8. The van der Waals surface area contributed by atoms with E-state index in [0.29, 0.717) is 54.2 Å². The number of nitro benzene ring substituents is 1. The maximum Gasteiger partial charge on any atom is 0.573 e. The van der Waals surface area contributed by atoms with Crippen molar-refractivity contribution in [3.8, 4) is 5.75 Å². The van der Waals surface area contributed by atoms with Gasteiger partial charge in [0.2, 0.25) is 5.89 Å². The Bertz CT molecular complexity index is 1490. The van der Waals surface area contributed by atoms with E-state index in [-0.39, 0.29) is 41.9 Å². The molecule has 5 rings (SSSR count). The third-order valence-electron chi connectivity index (χ3n) is 6.51. The lowest BCUT2D eigenvalue weighted by atomic mass is 9.89. The van der Waals surface area contributed by atoms with Gasteiger partial charge in [-0.25, -0.2) is 0 Å². The van der Waals surface area contributed by atoms with Crippen LogP contribution in [-0.4, -0.2) is 52.0 Å². The Morgan fingerprint density at radius 2 is 1.97 bits per heavy atom. The number of alkyl halides is 3. The number of rotatable bonds is 8. The molecule has 1 saturated heterocycles. The number of halogens is 3. The van der Waals surface area contributed by atoms with E-state index in [4.69, 9.17) is 4.52 Å². The van der Waals surface area contributed by atoms with Crippen molar-refractivity contribution in [2.75, 3.05) is 24.5 Å². The number of anilines is 1. The average Bonchev–Trinajstić information content (AvgIpc) is 3.55. The second-order valence-electron chi connectivity index (χ2n) is 9.05. The summed E-state index contributed by atoms with van der Waals surface area (Å²) >= 11 is 0. The maximum atomic E-state index is 12.8. The monoisotopic (exact) mass is 544 g/mol. The molecule has 0 atom stereocenters. The smallest absolute Gasteiger partial charge is 0.405 e. The van der Waals surface area contributed by atoms with Crippen molar-refractivity contribution in [1.82, 2.24) is 20.4 Å². The van der Waals surface area contributed by atoms with Crippen molar-refractivity contribution >= 4 is 28.4 Å². The van der Waals surface area contributed by atoms with Gasteiger partial charge in [0.25, 0.3) is 17.5 Å². The summed E-state index contributed by atoms with van der Waals surface area (Å²) in [5, 5.41) is 18.4. The molecule has 0 unspecified atom stereocenters. The van der Waals surface area contributed by atoms with Crippen LogP contribution >= 0.6 is 0 Å². The zero-order chi connectivity index (χ0) is 27.6. The lowest BCUT2D eigenvalue weighted by Gasteiger charge is -2.31. The van der Waals surface area contributed by atoms with E-state index in [1.807, 2.05) is 4.90 Å². The fraction of sp³-hybridized carbons (Fsp3) is 0.320. The summed E-state index contributed by atoms with van der Waals surface area (Å²) in [5.41, 5.74) is 1.19. The van der Waals surface area contributed by atoms with E-state index in [0.717, 1.165) is 0 Å². The molecule has 204 valence electrons. The van der Waals surface area contributed by atoms with E-state index in [1.54, 1.807) is 24.3 Å². The molecule has 3 heterocycles. The van der Waals surface area contributed by atoms with Crippen LogP contribution in [0.1, 0.15) is 40.7 Å². The Morgan fingerprint density at radius 1 is 1.21 bits per heavy atom. The summed E-state index contributed by atoms with van der Waals surface area (Å²) in [6.07, 6.45) is -3.29. The Hall–Kier alpha value is -4.62. The van der Waals surface area contributed by atoms with Gasteiger partial charge in [-0.05, 0) is 47.7 Å². The van der Waals surface area contributed by atoms with Crippen LogP contribution in [0.15, 0.2) is 53.1 Å². The van der Waals surface area contributed by atoms with Crippen LogP contribution in [0.3, 0.4) is 0 Å². The maximum absolute atomic E-state index is 12.8. The first kappa shape index (κ1) is 26.0. The number of para-hydroxylation sites is 1. The highest BCUT2D eigenvalue weighted by molar-refractivity contribution is 5.98. The number of hydrogen-bond acceptors (Lipinski definition) is 8. The van der Waals surface area contributed by atoms with Gasteiger partial charge in [0, 0.05) is 43.6 Å². The number of nitrogens with zero attached hydrogens (tertiary/aromatic N) is 4. The van der Waals surface area contributed by atoms with E-state index in [2.05, 4.69) is 25.2 Å². The minimum atomic E-state index is -4.75. The molecule has 1 fully saturated rings. The number of piperidine rings is 1. The molecule has 1 aliphatic heterocycles. The SMILES string of the molecule is O=C(NCCc1nc(N2CCC(c3ccccc3OC(F)(F)F)CC2)no1)c1cc2ccc([N+](=O)[O-])cc2[nH]1. The molecule has 0 spiro atoms. The number of nitro groups is 1. The third-order valence-corrected chi connectivity index (χ3v) is 6.51.